The van der Waals surface area contributed by atoms with Crippen LogP contribution in [-0.2, 0) is 20.4 Å². The number of ether oxygens (including phenoxy) is 1. The maximum absolute atomic E-state index is 11.1. The first-order valence-corrected chi connectivity index (χ1v) is 7.46. The number of hydrogen-bond acceptors (Lipinski definition) is 3. The summed E-state index contributed by atoms with van der Waals surface area (Å²) in [6, 6.07) is 6.48. The largest absolute Gasteiger partial charge is 0.377 e. The SMILES string of the molecule is CCCCOCc1cccc(S(=O)(=O)Cl)c1. The van der Waals surface area contributed by atoms with Crippen molar-refractivity contribution in [3.63, 3.8) is 0 Å². The molecule has 0 N–H and O–H groups in total. The summed E-state index contributed by atoms with van der Waals surface area (Å²) in [5.74, 6) is 0. The highest BCUT2D eigenvalue weighted by molar-refractivity contribution is 8.13. The van der Waals surface area contributed by atoms with E-state index in [9.17, 15) is 8.42 Å². The molecule has 0 aliphatic carbocycles. The lowest BCUT2D eigenvalue weighted by molar-refractivity contribution is 0.118. The summed E-state index contributed by atoms with van der Waals surface area (Å²) >= 11 is 0. The van der Waals surface area contributed by atoms with E-state index >= 15 is 0 Å². The fourth-order valence-electron chi connectivity index (χ4n) is 1.22. The van der Waals surface area contributed by atoms with E-state index in [1.165, 1.54) is 12.1 Å². The lowest BCUT2D eigenvalue weighted by Gasteiger charge is -2.04. The molecule has 0 saturated heterocycles. The molecular formula is C11H15ClO3S. The van der Waals surface area contributed by atoms with Crippen LogP contribution >= 0.6 is 10.7 Å². The van der Waals surface area contributed by atoms with E-state index in [0.717, 1.165) is 18.4 Å². The average molecular weight is 263 g/mol. The molecule has 0 amide bonds. The first-order valence-electron chi connectivity index (χ1n) is 5.15. The maximum Gasteiger partial charge on any atom is 0.261 e. The van der Waals surface area contributed by atoms with E-state index in [1.807, 2.05) is 6.07 Å². The van der Waals surface area contributed by atoms with Crippen LogP contribution in [0.3, 0.4) is 0 Å². The van der Waals surface area contributed by atoms with Crippen LogP contribution in [0.25, 0.3) is 0 Å². The Bertz CT molecular complexity index is 429. The molecule has 0 saturated carbocycles. The molecule has 0 radical (unpaired) electrons. The van der Waals surface area contributed by atoms with Gasteiger partial charge in [0.25, 0.3) is 9.05 Å². The van der Waals surface area contributed by atoms with Crippen LogP contribution in [0.4, 0.5) is 0 Å². The monoisotopic (exact) mass is 262 g/mol. The van der Waals surface area contributed by atoms with Gasteiger partial charge in [-0.2, -0.15) is 0 Å². The van der Waals surface area contributed by atoms with Crippen molar-refractivity contribution < 1.29 is 13.2 Å². The zero-order valence-corrected chi connectivity index (χ0v) is 10.7. The van der Waals surface area contributed by atoms with Gasteiger partial charge in [0.1, 0.15) is 0 Å². The van der Waals surface area contributed by atoms with Crippen molar-refractivity contribution in [2.75, 3.05) is 6.61 Å². The Balaban J connectivity index is 2.62. The van der Waals surface area contributed by atoms with Crippen LogP contribution in [0.5, 0.6) is 0 Å². The molecule has 1 rings (SSSR count). The molecule has 0 aliphatic rings. The van der Waals surface area contributed by atoms with Crippen LogP contribution in [0.2, 0.25) is 0 Å². The van der Waals surface area contributed by atoms with Gasteiger partial charge in [0.15, 0.2) is 0 Å². The molecule has 3 nitrogen and oxygen atoms in total. The third-order valence-electron chi connectivity index (χ3n) is 2.09. The molecule has 5 heteroatoms. The number of hydrogen-bond donors (Lipinski definition) is 0. The van der Waals surface area contributed by atoms with Gasteiger partial charge in [0, 0.05) is 17.3 Å². The topological polar surface area (TPSA) is 43.4 Å². The van der Waals surface area contributed by atoms with E-state index in [4.69, 9.17) is 15.4 Å². The van der Waals surface area contributed by atoms with Crippen LogP contribution in [-0.4, -0.2) is 15.0 Å². The van der Waals surface area contributed by atoms with E-state index in [2.05, 4.69) is 6.92 Å². The summed E-state index contributed by atoms with van der Waals surface area (Å²) in [7, 11) is 1.60. The molecule has 0 spiro atoms. The molecule has 1 aromatic carbocycles. The fraction of sp³-hybridized carbons (Fsp3) is 0.455. The van der Waals surface area contributed by atoms with Crippen molar-refractivity contribution >= 4 is 19.7 Å². The van der Waals surface area contributed by atoms with Gasteiger partial charge in [-0.25, -0.2) is 8.42 Å². The molecule has 1 aromatic rings. The van der Waals surface area contributed by atoms with E-state index in [0.29, 0.717) is 13.2 Å². The molecular weight excluding hydrogens is 248 g/mol. The third-order valence-corrected chi connectivity index (χ3v) is 3.44. The first kappa shape index (κ1) is 13.5. The van der Waals surface area contributed by atoms with Crippen LogP contribution in [0.1, 0.15) is 25.3 Å². The minimum Gasteiger partial charge on any atom is -0.377 e. The second kappa shape index (κ2) is 6.23. The van der Waals surface area contributed by atoms with Crippen LogP contribution in [0.15, 0.2) is 29.2 Å². The standard InChI is InChI=1S/C11H15ClO3S/c1-2-3-7-15-9-10-5-4-6-11(8-10)16(12,13)14/h4-6,8H,2-3,7,9H2,1H3. The zero-order chi connectivity index (χ0) is 12.0. The first-order chi connectivity index (χ1) is 7.54. The summed E-state index contributed by atoms with van der Waals surface area (Å²) in [6.07, 6.45) is 2.09. The highest BCUT2D eigenvalue weighted by atomic mass is 35.7. The Morgan fingerprint density at radius 3 is 2.75 bits per heavy atom. The van der Waals surface area contributed by atoms with Gasteiger partial charge in [-0.05, 0) is 24.1 Å². The summed E-state index contributed by atoms with van der Waals surface area (Å²) in [4.78, 5) is 0.116. The number of unbranched alkanes of at least 4 members (excludes halogenated alkanes) is 1. The predicted molar refractivity (Wildman–Crippen MR) is 64.0 cm³/mol. The van der Waals surface area contributed by atoms with Crippen molar-refractivity contribution in [1.82, 2.24) is 0 Å². The molecule has 0 atom stereocenters. The minimum absolute atomic E-state index is 0.116. The molecule has 0 aromatic heterocycles. The Labute approximate surface area is 101 Å². The van der Waals surface area contributed by atoms with Crippen LogP contribution in [0, 0.1) is 0 Å². The predicted octanol–water partition coefficient (Wildman–Crippen LogP) is 2.93. The molecule has 0 aliphatic heterocycles. The molecule has 0 fully saturated rings. The fourth-order valence-corrected chi connectivity index (χ4v) is 2.04. The quantitative estimate of drug-likeness (QED) is 0.585. The van der Waals surface area contributed by atoms with Gasteiger partial charge in [-0.1, -0.05) is 25.5 Å². The number of rotatable bonds is 6. The highest BCUT2D eigenvalue weighted by Crippen LogP contribution is 2.16. The van der Waals surface area contributed by atoms with Crippen molar-refractivity contribution in [3.05, 3.63) is 29.8 Å². The number of benzene rings is 1. The minimum atomic E-state index is -3.64. The van der Waals surface area contributed by atoms with E-state index in [-0.39, 0.29) is 4.90 Å². The molecule has 0 bridgehead atoms. The zero-order valence-electron chi connectivity index (χ0n) is 9.15. The Kier molecular flexibility index (Phi) is 5.25. The van der Waals surface area contributed by atoms with Gasteiger partial charge in [-0.3, -0.25) is 0 Å². The van der Waals surface area contributed by atoms with Crippen molar-refractivity contribution in [1.29, 1.82) is 0 Å². The lowest BCUT2D eigenvalue weighted by Crippen LogP contribution is -1.97. The Hall–Kier alpha value is -0.580. The molecule has 0 heterocycles. The second-order valence-electron chi connectivity index (χ2n) is 3.49. The summed E-state index contributed by atoms with van der Waals surface area (Å²) < 4.78 is 27.6. The van der Waals surface area contributed by atoms with E-state index in [1.54, 1.807) is 6.07 Å². The van der Waals surface area contributed by atoms with Crippen LogP contribution < -0.4 is 0 Å². The summed E-state index contributed by atoms with van der Waals surface area (Å²) in [5.41, 5.74) is 0.817. The summed E-state index contributed by atoms with van der Waals surface area (Å²) in [6.45, 7) is 3.19. The summed E-state index contributed by atoms with van der Waals surface area (Å²) in [5, 5.41) is 0. The van der Waals surface area contributed by atoms with Gasteiger partial charge in [-0.15, -0.1) is 0 Å². The molecule has 90 valence electrons. The van der Waals surface area contributed by atoms with E-state index < -0.39 is 9.05 Å². The smallest absolute Gasteiger partial charge is 0.261 e. The third kappa shape index (κ3) is 4.51. The number of halogens is 1. The second-order valence-corrected chi connectivity index (χ2v) is 6.06. The van der Waals surface area contributed by atoms with Gasteiger partial charge in [0.2, 0.25) is 0 Å². The van der Waals surface area contributed by atoms with Crippen molar-refractivity contribution in [2.45, 2.75) is 31.3 Å². The Morgan fingerprint density at radius 2 is 2.12 bits per heavy atom. The normalized spacial score (nSPS) is 11.6. The Morgan fingerprint density at radius 1 is 1.38 bits per heavy atom. The van der Waals surface area contributed by atoms with Gasteiger partial charge in [0.05, 0.1) is 11.5 Å². The maximum atomic E-state index is 11.1. The van der Waals surface area contributed by atoms with Gasteiger partial charge >= 0.3 is 0 Å². The van der Waals surface area contributed by atoms with Gasteiger partial charge < -0.3 is 4.74 Å². The van der Waals surface area contributed by atoms with Crippen molar-refractivity contribution in [3.8, 4) is 0 Å². The lowest BCUT2D eigenvalue weighted by atomic mass is 10.2. The molecule has 16 heavy (non-hydrogen) atoms. The average Bonchev–Trinajstić information content (AvgIpc) is 2.24. The molecule has 0 unspecified atom stereocenters. The highest BCUT2D eigenvalue weighted by Gasteiger charge is 2.09. The van der Waals surface area contributed by atoms with Crippen molar-refractivity contribution in [2.24, 2.45) is 0 Å².